The highest BCUT2D eigenvalue weighted by atomic mass is 32.2. The summed E-state index contributed by atoms with van der Waals surface area (Å²) in [6, 6.07) is 6.95. The van der Waals surface area contributed by atoms with Crippen molar-refractivity contribution in [2.24, 2.45) is 5.92 Å². The van der Waals surface area contributed by atoms with Gasteiger partial charge >= 0.3 is 6.18 Å². The van der Waals surface area contributed by atoms with Gasteiger partial charge in [-0.3, -0.25) is 4.79 Å². The first-order chi connectivity index (χ1) is 10.2. The van der Waals surface area contributed by atoms with Gasteiger partial charge in [-0.2, -0.15) is 18.4 Å². The Balaban J connectivity index is 1.93. The minimum Gasteiger partial charge on any atom is -0.337 e. The first-order valence-electron chi connectivity index (χ1n) is 6.77. The van der Waals surface area contributed by atoms with Crippen LogP contribution < -0.4 is 5.32 Å². The van der Waals surface area contributed by atoms with Crippen molar-refractivity contribution in [1.82, 2.24) is 5.32 Å². The van der Waals surface area contributed by atoms with Crippen LogP contribution in [0.2, 0.25) is 0 Å². The number of alkyl halides is 3. The molecule has 118 valence electrons. The third-order valence-electron chi connectivity index (χ3n) is 3.56. The lowest BCUT2D eigenvalue weighted by molar-refractivity contribution is -0.137. The number of carbonyl (C=O) groups is 1. The van der Waals surface area contributed by atoms with E-state index >= 15 is 0 Å². The zero-order valence-electron chi connectivity index (χ0n) is 11.9. The number of thioether (sulfide) groups is 1. The van der Waals surface area contributed by atoms with E-state index in [4.69, 9.17) is 5.26 Å². The molecule has 0 saturated heterocycles. The first-order valence-corrected chi connectivity index (χ1v) is 7.75. The minimum absolute atomic E-state index is 0.0225. The summed E-state index contributed by atoms with van der Waals surface area (Å²) in [6.07, 6.45) is -2.58. The van der Waals surface area contributed by atoms with Crippen LogP contribution in [0.25, 0.3) is 0 Å². The second kappa shape index (κ2) is 6.21. The normalized spacial score (nSPS) is 17.4. The van der Waals surface area contributed by atoms with E-state index in [0.717, 1.165) is 36.7 Å². The van der Waals surface area contributed by atoms with Crippen LogP contribution in [0.15, 0.2) is 29.2 Å². The van der Waals surface area contributed by atoms with Crippen LogP contribution in [0.5, 0.6) is 0 Å². The lowest BCUT2D eigenvalue weighted by Gasteiger charge is -2.22. The Morgan fingerprint density at radius 3 is 2.68 bits per heavy atom. The molecule has 0 radical (unpaired) electrons. The van der Waals surface area contributed by atoms with Crippen molar-refractivity contribution in [3.8, 4) is 6.07 Å². The maximum atomic E-state index is 12.6. The second-order valence-corrected chi connectivity index (χ2v) is 6.50. The summed E-state index contributed by atoms with van der Waals surface area (Å²) in [4.78, 5) is 12.3. The summed E-state index contributed by atoms with van der Waals surface area (Å²) < 4.78 is 37.8. The highest BCUT2D eigenvalue weighted by Crippen LogP contribution is 2.39. The molecule has 22 heavy (non-hydrogen) atoms. The molecule has 1 saturated carbocycles. The summed E-state index contributed by atoms with van der Waals surface area (Å²) in [6.45, 7) is 1.68. The number of hydrogen-bond acceptors (Lipinski definition) is 3. The molecule has 1 aliphatic rings. The van der Waals surface area contributed by atoms with E-state index in [1.54, 1.807) is 6.92 Å². The molecule has 1 aliphatic carbocycles. The van der Waals surface area contributed by atoms with Gasteiger partial charge in [-0.1, -0.05) is 6.07 Å². The van der Waals surface area contributed by atoms with E-state index in [2.05, 4.69) is 11.4 Å². The van der Waals surface area contributed by atoms with Crippen molar-refractivity contribution < 1.29 is 18.0 Å². The molecule has 1 amide bonds. The molecule has 3 nitrogen and oxygen atoms in total. The van der Waals surface area contributed by atoms with Crippen LogP contribution in [-0.4, -0.2) is 17.2 Å². The Morgan fingerprint density at radius 1 is 1.45 bits per heavy atom. The van der Waals surface area contributed by atoms with E-state index in [9.17, 15) is 18.0 Å². The number of halogens is 3. The molecule has 0 aliphatic heterocycles. The van der Waals surface area contributed by atoms with Gasteiger partial charge in [0.15, 0.2) is 0 Å². The maximum Gasteiger partial charge on any atom is 0.416 e. The number of rotatable bonds is 5. The van der Waals surface area contributed by atoms with Gasteiger partial charge in [-0.25, -0.2) is 0 Å². The number of nitrogens with one attached hydrogen (secondary N) is 1. The second-order valence-electron chi connectivity index (χ2n) is 5.45. The third-order valence-corrected chi connectivity index (χ3v) is 4.55. The topological polar surface area (TPSA) is 52.9 Å². The van der Waals surface area contributed by atoms with Crippen molar-refractivity contribution in [2.75, 3.05) is 5.75 Å². The summed E-state index contributed by atoms with van der Waals surface area (Å²) in [7, 11) is 0. The third kappa shape index (κ3) is 4.17. The summed E-state index contributed by atoms with van der Waals surface area (Å²) in [5.74, 6) is -0.205. The Labute approximate surface area is 130 Å². The molecular weight excluding hydrogens is 313 g/mol. The fourth-order valence-corrected chi connectivity index (χ4v) is 2.87. The molecule has 1 N–H and O–H groups in total. The molecule has 1 aromatic rings. The molecule has 1 atom stereocenters. The Hall–Kier alpha value is -1.68. The standard InChI is InChI=1S/C15H15F3N2OS/c1-14(9-19,10-5-6-10)20-13(21)8-22-12-4-2-3-11(7-12)15(16,17)18/h2-4,7,10H,5-6,8H2,1H3,(H,20,21)/t14-/m1/s1. The van der Waals surface area contributed by atoms with Gasteiger partial charge in [-0.15, -0.1) is 11.8 Å². The van der Waals surface area contributed by atoms with Gasteiger partial charge < -0.3 is 5.32 Å². The largest absolute Gasteiger partial charge is 0.416 e. The van der Waals surface area contributed by atoms with Crippen molar-refractivity contribution >= 4 is 17.7 Å². The number of nitriles is 1. The lowest BCUT2D eigenvalue weighted by atomic mass is 9.98. The maximum absolute atomic E-state index is 12.6. The summed E-state index contributed by atoms with van der Waals surface area (Å²) in [5, 5.41) is 11.8. The van der Waals surface area contributed by atoms with Gasteiger partial charge in [0.25, 0.3) is 0 Å². The van der Waals surface area contributed by atoms with E-state index in [-0.39, 0.29) is 17.6 Å². The van der Waals surface area contributed by atoms with Crippen LogP contribution in [0.3, 0.4) is 0 Å². The van der Waals surface area contributed by atoms with Crippen LogP contribution in [0.4, 0.5) is 13.2 Å². The first kappa shape index (κ1) is 16.7. The highest BCUT2D eigenvalue weighted by Gasteiger charge is 2.42. The van der Waals surface area contributed by atoms with Crippen LogP contribution >= 0.6 is 11.8 Å². The molecule has 1 aromatic carbocycles. The Bertz CT molecular complexity index is 608. The lowest BCUT2D eigenvalue weighted by Crippen LogP contribution is -2.47. The molecule has 0 heterocycles. The molecule has 0 unspecified atom stereocenters. The van der Waals surface area contributed by atoms with E-state index in [1.807, 2.05) is 0 Å². The van der Waals surface area contributed by atoms with Crippen molar-refractivity contribution in [1.29, 1.82) is 5.26 Å². The molecule has 7 heteroatoms. The monoisotopic (exact) mass is 328 g/mol. The predicted octanol–water partition coefficient (Wildman–Crippen LogP) is 3.61. The Kier molecular flexibility index (Phi) is 4.71. The zero-order chi connectivity index (χ0) is 16.4. The molecule has 0 bridgehead atoms. The zero-order valence-corrected chi connectivity index (χ0v) is 12.7. The Morgan fingerprint density at radius 2 is 2.14 bits per heavy atom. The fourth-order valence-electron chi connectivity index (χ4n) is 2.12. The number of hydrogen-bond donors (Lipinski definition) is 1. The number of carbonyl (C=O) groups excluding carboxylic acids is 1. The number of amides is 1. The average Bonchev–Trinajstić information content (AvgIpc) is 3.29. The summed E-state index contributed by atoms with van der Waals surface area (Å²) in [5.41, 5.74) is -1.62. The molecular formula is C15H15F3N2OS. The number of benzene rings is 1. The van der Waals surface area contributed by atoms with Crippen LogP contribution in [0, 0.1) is 17.2 Å². The van der Waals surface area contributed by atoms with Gasteiger partial charge in [-0.05, 0) is 43.9 Å². The smallest absolute Gasteiger partial charge is 0.337 e. The quantitative estimate of drug-likeness (QED) is 0.840. The van der Waals surface area contributed by atoms with E-state index < -0.39 is 17.3 Å². The van der Waals surface area contributed by atoms with Gasteiger partial charge in [0, 0.05) is 4.90 Å². The van der Waals surface area contributed by atoms with Crippen LogP contribution in [0.1, 0.15) is 25.3 Å². The highest BCUT2D eigenvalue weighted by molar-refractivity contribution is 8.00. The summed E-state index contributed by atoms with van der Waals surface area (Å²) >= 11 is 1.02. The van der Waals surface area contributed by atoms with Gasteiger partial charge in [0.2, 0.25) is 5.91 Å². The van der Waals surface area contributed by atoms with Crippen molar-refractivity contribution in [2.45, 2.75) is 36.4 Å². The average molecular weight is 328 g/mol. The van der Waals surface area contributed by atoms with Crippen LogP contribution in [-0.2, 0) is 11.0 Å². The SMILES string of the molecule is C[C@](C#N)(NC(=O)CSc1cccc(C(F)(F)F)c1)C1CC1. The van der Waals surface area contributed by atoms with E-state index in [0.29, 0.717) is 4.90 Å². The van der Waals surface area contributed by atoms with Crippen molar-refractivity contribution in [3.63, 3.8) is 0 Å². The van der Waals surface area contributed by atoms with Gasteiger partial charge in [0.1, 0.15) is 5.54 Å². The van der Waals surface area contributed by atoms with Crippen molar-refractivity contribution in [3.05, 3.63) is 29.8 Å². The molecule has 1 fully saturated rings. The van der Waals surface area contributed by atoms with E-state index in [1.165, 1.54) is 12.1 Å². The van der Waals surface area contributed by atoms with Gasteiger partial charge in [0.05, 0.1) is 17.4 Å². The predicted molar refractivity (Wildman–Crippen MR) is 77.1 cm³/mol. The molecule has 0 spiro atoms. The molecule has 0 aromatic heterocycles. The number of nitrogens with zero attached hydrogens (tertiary/aromatic N) is 1. The fraction of sp³-hybridized carbons (Fsp3) is 0.467. The minimum atomic E-state index is -4.40. The molecule has 2 rings (SSSR count).